The van der Waals surface area contributed by atoms with Crippen molar-refractivity contribution in [1.82, 2.24) is 0 Å². The molecule has 0 aliphatic carbocycles. The minimum atomic E-state index is -0.454. The molecule has 42 valence electrons. The fraction of sp³-hybridized carbons (Fsp3) is 1.00. The van der Waals surface area contributed by atoms with Gasteiger partial charge in [-0.25, -0.2) is 0 Å². The van der Waals surface area contributed by atoms with Crippen LogP contribution in [-0.4, -0.2) is 6.66 Å². The average molecular weight is 208 g/mol. The van der Waals surface area contributed by atoms with E-state index in [-0.39, 0.29) is 34.3 Å². The van der Waals surface area contributed by atoms with Gasteiger partial charge in [0, 0.05) is 25.4 Å². The number of hydrogen-bond acceptors (Lipinski definition) is 2. The van der Waals surface area contributed by atoms with Crippen molar-refractivity contribution in [1.29, 1.82) is 0 Å². The Hall–Kier alpha value is 1.49. The Morgan fingerprint density at radius 3 is 1.43 bits per heavy atom. The molecule has 0 nitrogen and oxygen atoms in total. The topological polar surface area (TPSA) is 0 Å². The molecular weight excluding hydrogens is 197 g/mol. The first kappa shape index (κ1) is 23.6. The van der Waals surface area contributed by atoms with Crippen molar-refractivity contribution in [3.63, 3.8) is 0 Å². The van der Waals surface area contributed by atoms with Gasteiger partial charge in [-0.05, 0) is 0 Å². The zero-order valence-electron chi connectivity index (χ0n) is 2.97. The van der Waals surface area contributed by atoms with Crippen LogP contribution in [-0.2, 0) is 43.5 Å². The van der Waals surface area contributed by atoms with E-state index < -0.39 is 5.90 Å². The van der Waals surface area contributed by atoms with Gasteiger partial charge in [-0.15, -0.1) is 0 Å². The fourth-order valence-electron chi connectivity index (χ4n) is 0. The van der Waals surface area contributed by atoms with Crippen LogP contribution in [0.3, 0.4) is 0 Å². The molecule has 0 aromatic carbocycles. The summed E-state index contributed by atoms with van der Waals surface area (Å²) in [6.07, 6.45) is 0. The summed E-state index contributed by atoms with van der Waals surface area (Å²) >= 11 is 9.00. The molecule has 0 rings (SSSR count). The van der Waals surface area contributed by atoms with Gasteiger partial charge >= 0.3 is 0 Å². The Morgan fingerprint density at radius 2 is 1.43 bits per heavy atom. The molecule has 0 aliphatic heterocycles. The first-order chi connectivity index (χ1) is 1.73. The van der Waals surface area contributed by atoms with E-state index in [1.165, 1.54) is 0 Å². The van der Waals surface area contributed by atoms with Crippen molar-refractivity contribution in [3.8, 4) is 0 Å². The van der Waals surface area contributed by atoms with Gasteiger partial charge < -0.3 is 12.2 Å². The van der Waals surface area contributed by atoms with Crippen LogP contribution in [0.25, 0.3) is 0 Å². The van der Waals surface area contributed by atoms with Crippen LogP contribution in [0.2, 0.25) is 0 Å². The molecule has 0 radical (unpaired) electrons. The molecule has 0 aliphatic rings. The molecule has 0 bridgehead atoms. The first-order valence-corrected chi connectivity index (χ1v) is 4.63. The standard InChI is InChI=1S/CH3PS2.2CH4.Zn/c1-2(3)4;;;/h1H3;2*1H4;. The van der Waals surface area contributed by atoms with Gasteiger partial charge in [-0.3, -0.25) is 0 Å². The Morgan fingerprint density at radius 1 is 1.43 bits per heavy atom. The van der Waals surface area contributed by atoms with E-state index in [9.17, 15) is 0 Å². The van der Waals surface area contributed by atoms with Gasteiger partial charge in [0.05, 0.1) is 6.66 Å². The van der Waals surface area contributed by atoms with Crippen LogP contribution in [0.4, 0.5) is 0 Å². The summed E-state index contributed by atoms with van der Waals surface area (Å²) in [5.41, 5.74) is 0. The molecule has 0 heterocycles. The van der Waals surface area contributed by atoms with E-state index in [0.717, 1.165) is 0 Å². The summed E-state index contributed by atoms with van der Waals surface area (Å²) in [6.45, 7) is 1.86. The van der Waals surface area contributed by atoms with Gasteiger partial charge in [0.25, 0.3) is 0 Å². The van der Waals surface area contributed by atoms with Crippen molar-refractivity contribution in [2.45, 2.75) is 14.9 Å². The molecule has 1 unspecified atom stereocenters. The van der Waals surface area contributed by atoms with Crippen molar-refractivity contribution >= 4 is 30.0 Å². The SMILES string of the molecule is C.C.C[P+](=S)[S-].[Zn]. The summed E-state index contributed by atoms with van der Waals surface area (Å²) < 4.78 is 0. The summed E-state index contributed by atoms with van der Waals surface area (Å²) in [4.78, 5) is 0. The Kier molecular flexibility index (Phi) is 52.8. The molecule has 4 heteroatoms. The van der Waals surface area contributed by atoms with Crippen LogP contribution < -0.4 is 0 Å². The first-order valence-electron chi connectivity index (χ1n) is 0.812. The Bertz CT molecular complexity index is 35.9. The second-order valence-electron chi connectivity index (χ2n) is 0.440. The second-order valence-corrected chi connectivity index (χ2v) is 5.30. The third-order valence-electron chi connectivity index (χ3n) is 0. The van der Waals surface area contributed by atoms with Crippen LogP contribution in [0.1, 0.15) is 14.9 Å². The van der Waals surface area contributed by atoms with E-state index in [4.69, 9.17) is 0 Å². The molecule has 1 atom stereocenters. The maximum Gasteiger partial charge on any atom is 0.132 e. The fourth-order valence-corrected chi connectivity index (χ4v) is 0. The third kappa shape index (κ3) is 101. The maximum atomic E-state index is 4.50. The van der Waals surface area contributed by atoms with Crippen molar-refractivity contribution in [2.24, 2.45) is 0 Å². The smallest absolute Gasteiger partial charge is 0.132 e. The third-order valence-corrected chi connectivity index (χ3v) is 0. The van der Waals surface area contributed by atoms with Gasteiger partial charge in [-0.2, -0.15) is 0 Å². The molecular formula is C3H11PS2Zn. The quantitative estimate of drug-likeness (QED) is 0.340. The predicted molar refractivity (Wildman–Crippen MR) is 41.0 cm³/mol. The van der Waals surface area contributed by atoms with Gasteiger partial charge in [0.2, 0.25) is 0 Å². The molecule has 0 aromatic rings. The molecule has 0 saturated carbocycles. The molecule has 0 fully saturated rings. The maximum absolute atomic E-state index is 4.50. The van der Waals surface area contributed by atoms with Crippen LogP contribution in [0.15, 0.2) is 0 Å². The molecule has 0 saturated heterocycles. The zero-order chi connectivity index (χ0) is 3.58. The summed E-state index contributed by atoms with van der Waals surface area (Å²) in [5.74, 6) is -0.454. The molecule has 0 aromatic heterocycles. The van der Waals surface area contributed by atoms with Crippen molar-refractivity contribution in [2.75, 3.05) is 6.66 Å². The minimum Gasteiger partial charge on any atom is -0.479 e. The van der Waals surface area contributed by atoms with E-state index in [0.29, 0.717) is 0 Å². The van der Waals surface area contributed by atoms with Crippen LogP contribution in [0, 0.1) is 0 Å². The average Bonchev–Trinajstić information content (AvgIpc) is 0.811. The normalized spacial score (nSPS) is 6.29. The van der Waals surface area contributed by atoms with Gasteiger partial charge in [0.15, 0.2) is 0 Å². The second kappa shape index (κ2) is 15.6. The van der Waals surface area contributed by atoms with E-state index >= 15 is 0 Å². The Labute approximate surface area is 70.8 Å². The van der Waals surface area contributed by atoms with E-state index in [1.807, 2.05) is 6.66 Å². The zero-order valence-corrected chi connectivity index (χ0v) is 8.47. The predicted octanol–water partition coefficient (Wildman–Crippen LogP) is 2.29. The molecule has 0 amide bonds. The van der Waals surface area contributed by atoms with E-state index in [2.05, 4.69) is 24.1 Å². The van der Waals surface area contributed by atoms with Crippen molar-refractivity contribution in [3.05, 3.63) is 0 Å². The number of rotatable bonds is 0. The summed E-state index contributed by atoms with van der Waals surface area (Å²) in [6, 6.07) is 0. The summed E-state index contributed by atoms with van der Waals surface area (Å²) in [7, 11) is 0. The van der Waals surface area contributed by atoms with Crippen LogP contribution in [0.5, 0.6) is 0 Å². The Balaban J connectivity index is -0.0000000150. The monoisotopic (exact) mass is 206 g/mol. The molecule has 0 spiro atoms. The minimum absolute atomic E-state index is 0. The molecule has 0 N–H and O–H groups in total. The molecule has 7 heavy (non-hydrogen) atoms. The van der Waals surface area contributed by atoms with Crippen molar-refractivity contribution < 1.29 is 19.5 Å². The number of hydrogen-bond donors (Lipinski definition) is 0. The summed E-state index contributed by atoms with van der Waals surface area (Å²) in [5, 5.41) is 0. The van der Waals surface area contributed by atoms with Gasteiger partial charge in [0.1, 0.15) is 11.8 Å². The van der Waals surface area contributed by atoms with Crippen LogP contribution >= 0.6 is 5.90 Å². The van der Waals surface area contributed by atoms with E-state index in [1.54, 1.807) is 0 Å². The largest absolute Gasteiger partial charge is 0.479 e. The van der Waals surface area contributed by atoms with Gasteiger partial charge in [-0.1, -0.05) is 14.9 Å².